The van der Waals surface area contributed by atoms with Gasteiger partial charge in [0.25, 0.3) is 0 Å². The van der Waals surface area contributed by atoms with Gasteiger partial charge in [0, 0.05) is 10.9 Å². The molecule has 3 heteroatoms. The highest BCUT2D eigenvalue weighted by Gasteiger charge is 2.53. The number of nitrogens with zero attached hydrogens (tertiary/aromatic N) is 1. The normalized spacial score (nSPS) is 35.8. The van der Waals surface area contributed by atoms with Crippen molar-refractivity contribution in [3.8, 4) is 0 Å². The maximum atomic E-state index is 5.13. The predicted molar refractivity (Wildman–Crippen MR) is 84.2 cm³/mol. The minimum absolute atomic E-state index is 0.221. The van der Waals surface area contributed by atoms with Crippen molar-refractivity contribution >= 4 is 11.3 Å². The maximum Gasteiger partial charge on any atom is 0.114 e. The van der Waals surface area contributed by atoms with Crippen molar-refractivity contribution in [3.05, 3.63) is 15.6 Å². The summed E-state index contributed by atoms with van der Waals surface area (Å²) in [5.41, 5.74) is 1.66. The first-order chi connectivity index (χ1) is 9.67. The van der Waals surface area contributed by atoms with Crippen LogP contribution >= 0.6 is 11.3 Å². The molecule has 0 amide bonds. The summed E-state index contributed by atoms with van der Waals surface area (Å²) in [5.74, 6) is 1.79. The van der Waals surface area contributed by atoms with E-state index in [0.717, 1.165) is 11.8 Å². The predicted octanol–water partition coefficient (Wildman–Crippen LogP) is 4.04. The Morgan fingerprint density at radius 2 is 2.10 bits per heavy atom. The van der Waals surface area contributed by atoms with E-state index in [1.54, 1.807) is 4.88 Å². The van der Waals surface area contributed by atoms with Crippen molar-refractivity contribution in [1.82, 2.24) is 10.3 Å². The SMILES string of the molecule is CC(C)NC1(c2nc3c(s2)CCCC3)CC2CCC1C2. The second-order valence-corrected chi connectivity index (χ2v) is 8.53. The first-order valence-electron chi connectivity index (χ1n) is 8.44. The number of thiazole rings is 1. The van der Waals surface area contributed by atoms with Crippen LogP contribution in [0.3, 0.4) is 0 Å². The Morgan fingerprint density at radius 1 is 1.25 bits per heavy atom. The maximum absolute atomic E-state index is 5.13. The topological polar surface area (TPSA) is 24.9 Å². The van der Waals surface area contributed by atoms with Gasteiger partial charge in [-0.1, -0.05) is 6.42 Å². The zero-order chi connectivity index (χ0) is 13.7. The third-order valence-electron chi connectivity index (χ3n) is 5.62. The van der Waals surface area contributed by atoms with Gasteiger partial charge in [0.1, 0.15) is 5.01 Å². The molecule has 0 spiro atoms. The number of rotatable bonds is 3. The number of aromatic nitrogens is 1. The van der Waals surface area contributed by atoms with Crippen LogP contribution < -0.4 is 5.32 Å². The highest BCUT2D eigenvalue weighted by molar-refractivity contribution is 7.11. The molecule has 2 bridgehead atoms. The van der Waals surface area contributed by atoms with Gasteiger partial charge in [-0.25, -0.2) is 4.98 Å². The van der Waals surface area contributed by atoms with Gasteiger partial charge in [0.05, 0.1) is 11.2 Å². The summed E-state index contributed by atoms with van der Waals surface area (Å²) in [5, 5.41) is 5.40. The first kappa shape index (κ1) is 13.3. The highest BCUT2D eigenvalue weighted by atomic mass is 32.1. The molecule has 3 atom stereocenters. The molecule has 0 saturated heterocycles. The van der Waals surface area contributed by atoms with Crippen molar-refractivity contribution in [2.45, 2.75) is 76.8 Å². The molecule has 0 aromatic carbocycles. The second kappa shape index (κ2) is 4.81. The van der Waals surface area contributed by atoms with Crippen LogP contribution in [0.1, 0.15) is 68.0 Å². The van der Waals surface area contributed by atoms with E-state index in [9.17, 15) is 0 Å². The third-order valence-corrected chi connectivity index (χ3v) is 6.96. The third kappa shape index (κ3) is 1.97. The van der Waals surface area contributed by atoms with Crippen LogP contribution in [0, 0.1) is 11.8 Å². The molecule has 2 fully saturated rings. The van der Waals surface area contributed by atoms with E-state index in [0.29, 0.717) is 6.04 Å². The van der Waals surface area contributed by atoms with E-state index in [1.807, 2.05) is 11.3 Å². The summed E-state index contributed by atoms with van der Waals surface area (Å²) in [4.78, 5) is 6.73. The standard InChI is InChI=1S/C17H26N2S/c1-11(2)19-17(10-12-7-8-13(17)9-12)16-18-14-5-3-4-6-15(14)20-16/h11-13,19H,3-10H2,1-2H3. The number of nitrogens with one attached hydrogen (secondary N) is 1. The lowest BCUT2D eigenvalue weighted by molar-refractivity contribution is 0.193. The summed E-state index contributed by atoms with van der Waals surface area (Å²) >= 11 is 2.04. The van der Waals surface area contributed by atoms with Gasteiger partial charge in [-0.05, 0) is 70.6 Å². The van der Waals surface area contributed by atoms with Crippen LogP contribution in [-0.2, 0) is 18.4 Å². The van der Waals surface area contributed by atoms with Crippen LogP contribution in [0.15, 0.2) is 0 Å². The fourth-order valence-corrected chi connectivity index (χ4v) is 6.28. The average Bonchev–Trinajstić information content (AvgIpc) is 3.11. The Labute approximate surface area is 126 Å². The van der Waals surface area contributed by atoms with Crippen LogP contribution in [0.25, 0.3) is 0 Å². The van der Waals surface area contributed by atoms with Crippen molar-refractivity contribution in [2.75, 3.05) is 0 Å². The summed E-state index contributed by atoms with van der Waals surface area (Å²) in [6.45, 7) is 4.59. The lowest BCUT2D eigenvalue weighted by atomic mass is 9.80. The Morgan fingerprint density at radius 3 is 2.75 bits per heavy atom. The van der Waals surface area contributed by atoms with Crippen LogP contribution in [-0.4, -0.2) is 11.0 Å². The molecule has 1 N–H and O–H groups in total. The average molecular weight is 290 g/mol. The number of fused-ring (bicyclic) bond motifs is 3. The fourth-order valence-electron chi connectivity index (χ4n) is 4.89. The highest BCUT2D eigenvalue weighted by Crippen LogP contribution is 2.56. The molecule has 1 aromatic heterocycles. The van der Waals surface area contributed by atoms with Crippen molar-refractivity contribution in [1.29, 1.82) is 0 Å². The largest absolute Gasteiger partial charge is 0.303 e. The molecule has 20 heavy (non-hydrogen) atoms. The molecule has 2 nitrogen and oxygen atoms in total. The van der Waals surface area contributed by atoms with Gasteiger partial charge in [-0.3, -0.25) is 0 Å². The van der Waals surface area contributed by atoms with Gasteiger partial charge in [0.15, 0.2) is 0 Å². The Balaban J connectivity index is 1.73. The van der Waals surface area contributed by atoms with Crippen LogP contribution in [0.2, 0.25) is 0 Å². The molecule has 4 rings (SSSR count). The molecule has 1 heterocycles. The van der Waals surface area contributed by atoms with E-state index in [1.165, 1.54) is 62.1 Å². The van der Waals surface area contributed by atoms with Crippen molar-refractivity contribution in [2.24, 2.45) is 11.8 Å². The van der Waals surface area contributed by atoms with Gasteiger partial charge in [0.2, 0.25) is 0 Å². The first-order valence-corrected chi connectivity index (χ1v) is 9.26. The fraction of sp³-hybridized carbons (Fsp3) is 0.824. The van der Waals surface area contributed by atoms with Crippen molar-refractivity contribution in [3.63, 3.8) is 0 Å². The summed E-state index contributed by atoms with van der Waals surface area (Å²) < 4.78 is 0. The lowest BCUT2D eigenvalue weighted by Crippen LogP contribution is -2.49. The van der Waals surface area contributed by atoms with Gasteiger partial charge in [-0.2, -0.15) is 0 Å². The molecule has 2 saturated carbocycles. The second-order valence-electron chi connectivity index (χ2n) is 7.45. The summed E-state index contributed by atoms with van der Waals surface area (Å²) in [6.07, 6.45) is 10.8. The minimum Gasteiger partial charge on any atom is -0.303 e. The summed E-state index contributed by atoms with van der Waals surface area (Å²) in [6, 6.07) is 0.551. The van der Waals surface area contributed by atoms with E-state index in [2.05, 4.69) is 19.2 Å². The molecule has 3 aliphatic rings. The molecule has 1 aromatic rings. The number of hydrogen-bond acceptors (Lipinski definition) is 3. The number of aryl methyl sites for hydroxylation is 2. The van der Waals surface area contributed by atoms with Crippen molar-refractivity contribution < 1.29 is 0 Å². The Hall–Kier alpha value is -0.410. The van der Waals surface area contributed by atoms with E-state index >= 15 is 0 Å². The molecule has 0 radical (unpaired) electrons. The molecular formula is C17H26N2S. The zero-order valence-electron chi connectivity index (χ0n) is 12.7. The molecule has 3 aliphatic carbocycles. The quantitative estimate of drug-likeness (QED) is 0.909. The van der Waals surface area contributed by atoms with Crippen LogP contribution in [0.4, 0.5) is 0 Å². The van der Waals surface area contributed by atoms with E-state index < -0.39 is 0 Å². The monoisotopic (exact) mass is 290 g/mol. The smallest absolute Gasteiger partial charge is 0.114 e. The lowest BCUT2D eigenvalue weighted by Gasteiger charge is -2.38. The van der Waals surface area contributed by atoms with Gasteiger partial charge < -0.3 is 5.32 Å². The molecule has 0 aliphatic heterocycles. The van der Waals surface area contributed by atoms with Gasteiger partial charge >= 0.3 is 0 Å². The molecular weight excluding hydrogens is 264 g/mol. The summed E-state index contributed by atoms with van der Waals surface area (Å²) in [7, 11) is 0. The van der Waals surface area contributed by atoms with Gasteiger partial charge in [-0.15, -0.1) is 11.3 Å². The zero-order valence-corrected chi connectivity index (χ0v) is 13.6. The molecule has 3 unspecified atom stereocenters. The molecule has 110 valence electrons. The Bertz CT molecular complexity index is 484. The number of hydrogen-bond donors (Lipinski definition) is 1. The van der Waals surface area contributed by atoms with Crippen LogP contribution in [0.5, 0.6) is 0 Å². The Kier molecular flexibility index (Phi) is 3.19. The van der Waals surface area contributed by atoms with E-state index in [-0.39, 0.29) is 5.54 Å². The van der Waals surface area contributed by atoms with E-state index in [4.69, 9.17) is 4.98 Å². The minimum atomic E-state index is 0.221.